The molecule has 26 heavy (non-hydrogen) atoms. The molecule has 0 atom stereocenters. The lowest BCUT2D eigenvalue weighted by Crippen LogP contribution is -2.66. The highest BCUT2D eigenvalue weighted by Gasteiger charge is 2.55. The summed E-state index contributed by atoms with van der Waals surface area (Å²) in [6.45, 7) is 7.06. The van der Waals surface area contributed by atoms with Gasteiger partial charge in [-0.2, -0.15) is 0 Å². The second kappa shape index (κ2) is 5.72. The number of hydrogen-bond acceptors (Lipinski definition) is 6. The molecule has 1 aliphatic carbocycles. The van der Waals surface area contributed by atoms with E-state index in [1.807, 2.05) is 20.8 Å². The number of nitrogens with zero attached hydrogens (tertiary/aromatic N) is 3. The maximum absolute atomic E-state index is 12.0. The fraction of sp³-hybridized carbons (Fsp3) is 0.526. The molecule has 7 heteroatoms. The molecule has 2 heterocycles. The van der Waals surface area contributed by atoms with Crippen molar-refractivity contribution >= 4 is 17.1 Å². The van der Waals surface area contributed by atoms with Gasteiger partial charge in [-0.25, -0.2) is 14.8 Å². The van der Waals surface area contributed by atoms with Crippen LogP contribution in [0.25, 0.3) is 11.0 Å². The van der Waals surface area contributed by atoms with Crippen LogP contribution in [0.1, 0.15) is 33.6 Å². The molecule has 1 aromatic heterocycles. The van der Waals surface area contributed by atoms with Gasteiger partial charge in [-0.15, -0.1) is 0 Å². The molecule has 1 aliphatic heterocycles. The Balaban J connectivity index is 1.30. The maximum atomic E-state index is 12.0. The first kappa shape index (κ1) is 16.9. The zero-order valence-corrected chi connectivity index (χ0v) is 15.2. The number of fused-ring (bicyclic) bond motifs is 1. The predicted octanol–water partition coefficient (Wildman–Crippen LogP) is 3.11. The molecule has 2 aliphatic rings. The average Bonchev–Trinajstić information content (AvgIpc) is 2.45. The number of carbonyl (C=O) groups is 1. The van der Waals surface area contributed by atoms with Crippen molar-refractivity contribution in [3.8, 4) is 11.6 Å². The Kier molecular flexibility index (Phi) is 3.71. The van der Waals surface area contributed by atoms with E-state index in [1.165, 1.54) is 0 Å². The van der Waals surface area contributed by atoms with E-state index in [0.717, 1.165) is 25.9 Å². The summed E-state index contributed by atoms with van der Waals surface area (Å²) in [5, 5.41) is 9.56. The second-order valence-corrected chi connectivity index (χ2v) is 8.37. The zero-order valence-electron chi connectivity index (χ0n) is 15.2. The van der Waals surface area contributed by atoms with E-state index < -0.39 is 5.60 Å². The van der Waals surface area contributed by atoms with E-state index in [9.17, 15) is 9.90 Å². The number of likely N-dealkylation sites (tertiary alicyclic amines) is 1. The van der Waals surface area contributed by atoms with Crippen LogP contribution < -0.4 is 4.74 Å². The van der Waals surface area contributed by atoms with Crippen molar-refractivity contribution in [1.29, 1.82) is 0 Å². The molecule has 0 bridgehead atoms. The summed E-state index contributed by atoms with van der Waals surface area (Å²) in [4.78, 5) is 22.5. The van der Waals surface area contributed by atoms with Crippen molar-refractivity contribution in [2.45, 2.75) is 45.3 Å². The molecule has 1 saturated heterocycles. The lowest BCUT2D eigenvalue weighted by molar-refractivity contribution is -0.117. The molecule has 0 unspecified atom stereocenters. The Morgan fingerprint density at radius 1 is 1.27 bits per heavy atom. The fourth-order valence-electron chi connectivity index (χ4n) is 3.68. The molecular formula is C19H23N3O4. The largest absolute Gasteiger partial charge is 0.508 e. The molecule has 4 rings (SSSR count). The van der Waals surface area contributed by atoms with Crippen LogP contribution in [0.5, 0.6) is 11.6 Å². The van der Waals surface area contributed by atoms with Crippen molar-refractivity contribution in [1.82, 2.24) is 14.9 Å². The fourth-order valence-corrected chi connectivity index (χ4v) is 3.68. The van der Waals surface area contributed by atoms with Gasteiger partial charge < -0.3 is 19.5 Å². The molecular weight excluding hydrogens is 334 g/mol. The molecule has 1 N–H and O–H groups in total. The number of aromatic hydroxyl groups is 1. The Morgan fingerprint density at radius 2 is 2.00 bits per heavy atom. The average molecular weight is 357 g/mol. The van der Waals surface area contributed by atoms with Crippen LogP contribution >= 0.6 is 0 Å². The molecule has 1 saturated carbocycles. The van der Waals surface area contributed by atoms with Crippen LogP contribution in [-0.2, 0) is 4.74 Å². The van der Waals surface area contributed by atoms with Crippen molar-refractivity contribution in [2.75, 3.05) is 13.1 Å². The summed E-state index contributed by atoms with van der Waals surface area (Å²) in [6, 6.07) is 4.88. The third kappa shape index (κ3) is 3.25. The summed E-state index contributed by atoms with van der Waals surface area (Å²) in [5.41, 5.74) is 1.02. The second-order valence-electron chi connectivity index (χ2n) is 8.37. The van der Waals surface area contributed by atoms with Crippen LogP contribution in [0.4, 0.5) is 4.79 Å². The van der Waals surface area contributed by atoms with E-state index in [4.69, 9.17) is 9.47 Å². The van der Waals surface area contributed by atoms with Crippen LogP contribution in [0.3, 0.4) is 0 Å². The first-order chi connectivity index (χ1) is 12.2. The van der Waals surface area contributed by atoms with Crippen LogP contribution in [-0.4, -0.2) is 50.9 Å². The third-order valence-corrected chi connectivity index (χ3v) is 4.82. The normalized spacial score (nSPS) is 19.1. The van der Waals surface area contributed by atoms with Crippen LogP contribution in [0.2, 0.25) is 0 Å². The van der Waals surface area contributed by atoms with E-state index in [2.05, 4.69) is 9.97 Å². The van der Waals surface area contributed by atoms with Gasteiger partial charge >= 0.3 is 6.09 Å². The predicted molar refractivity (Wildman–Crippen MR) is 95.1 cm³/mol. The summed E-state index contributed by atoms with van der Waals surface area (Å²) >= 11 is 0. The van der Waals surface area contributed by atoms with Gasteiger partial charge in [-0.05, 0) is 45.7 Å². The zero-order chi connectivity index (χ0) is 18.5. The maximum Gasteiger partial charge on any atom is 0.410 e. The van der Waals surface area contributed by atoms with Crippen LogP contribution in [0, 0.1) is 5.41 Å². The standard InChI is InChI=1S/C19H23N3O4/c1-18(2,3)26-17(24)22-10-19(11-22)7-13(8-19)25-16-9-20-14-5-4-12(23)6-15(14)21-16/h4-6,9,13,23H,7-8,10-11H2,1-3H3. The van der Waals surface area contributed by atoms with E-state index >= 15 is 0 Å². The van der Waals surface area contributed by atoms with Gasteiger partial charge in [0.2, 0.25) is 5.88 Å². The first-order valence-electron chi connectivity index (χ1n) is 8.82. The van der Waals surface area contributed by atoms with Gasteiger partial charge in [0.15, 0.2) is 0 Å². The summed E-state index contributed by atoms with van der Waals surface area (Å²) < 4.78 is 11.3. The van der Waals surface area contributed by atoms with E-state index in [1.54, 1.807) is 29.3 Å². The number of phenols is 1. The lowest BCUT2D eigenvalue weighted by Gasteiger charge is -2.57. The van der Waals surface area contributed by atoms with Gasteiger partial charge in [-0.1, -0.05) is 0 Å². The molecule has 0 radical (unpaired) electrons. The first-order valence-corrected chi connectivity index (χ1v) is 8.82. The van der Waals surface area contributed by atoms with Crippen molar-refractivity contribution in [2.24, 2.45) is 5.41 Å². The minimum Gasteiger partial charge on any atom is -0.508 e. The molecule has 7 nitrogen and oxygen atoms in total. The molecule has 1 amide bonds. The number of amides is 1. The minimum atomic E-state index is -0.464. The quantitative estimate of drug-likeness (QED) is 0.889. The third-order valence-electron chi connectivity index (χ3n) is 4.82. The van der Waals surface area contributed by atoms with E-state index in [0.29, 0.717) is 16.9 Å². The highest BCUT2D eigenvalue weighted by Crippen LogP contribution is 2.49. The Morgan fingerprint density at radius 3 is 2.69 bits per heavy atom. The molecule has 1 aromatic carbocycles. The number of phenolic OH excluding ortho intramolecular Hbond substituents is 1. The Bertz CT molecular complexity index is 847. The number of ether oxygens (including phenoxy) is 2. The SMILES string of the molecule is CC(C)(C)OC(=O)N1CC2(CC(Oc3cnc4ccc(O)cc4n3)C2)C1. The van der Waals surface area contributed by atoms with Crippen molar-refractivity contribution < 1.29 is 19.4 Å². The van der Waals surface area contributed by atoms with Gasteiger partial charge in [0.05, 0.1) is 17.2 Å². The van der Waals surface area contributed by atoms with Gasteiger partial charge in [0.1, 0.15) is 17.5 Å². The van der Waals surface area contributed by atoms with Crippen molar-refractivity contribution in [3.05, 3.63) is 24.4 Å². The highest BCUT2D eigenvalue weighted by molar-refractivity contribution is 5.76. The number of rotatable bonds is 2. The number of aromatic nitrogens is 2. The van der Waals surface area contributed by atoms with Crippen molar-refractivity contribution in [3.63, 3.8) is 0 Å². The molecule has 2 fully saturated rings. The molecule has 2 aromatic rings. The molecule has 138 valence electrons. The topological polar surface area (TPSA) is 84.8 Å². The summed E-state index contributed by atoms with van der Waals surface area (Å²) in [7, 11) is 0. The highest BCUT2D eigenvalue weighted by atomic mass is 16.6. The molecule has 1 spiro atoms. The number of benzene rings is 1. The Labute approximate surface area is 151 Å². The van der Waals surface area contributed by atoms with Gasteiger partial charge in [0, 0.05) is 24.6 Å². The van der Waals surface area contributed by atoms with Gasteiger partial charge in [0.25, 0.3) is 0 Å². The smallest absolute Gasteiger partial charge is 0.410 e. The summed E-state index contributed by atoms with van der Waals surface area (Å²) in [6.07, 6.45) is 3.24. The monoisotopic (exact) mass is 357 g/mol. The van der Waals surface area contributed by atoms with E-state index in [-0.39, 0.29) is 23.4 Å². The minimum absolute atomic E-state index is 0.0832. The van der Waals surface area contributed by atoms with Gasteiger partial charge in [-0.3, -0.25) is 0 Å². The number of hydrogen-bond donors (Lipinski definition) is 1. The Hall–Kier alpha value is -2.57. The number of carbonyl (C=O) groups excluding carboxylic acids is 1. The lowest BCUT2D eigenvalue weighted by atomic mass is 9.62. The van der Waals surface area contributed by atoms with Crippen LogP contribution in [0.15, 0.2) is 24.4 Å². The summed E-state index contributed by atoms with van der Waals surface area (Å²) in [5.74, 6) is 0.620.